The van der Waals surface area contributed by atoms with Crippen molar-refractivity contribution in [3.05, 3.63) is 46.8 Å². The van der Waals surface area contributed by atoms with Crippen molar-refractivity contribution in [3.8, 4) is 0 Å². The second-order valence-corrected chi connectivity index (χ2v) is 5.18. The first-order valence-corrected chi connectivity index (χ1v) is 6.84. The number of amides is 1. The smallest absolute Gasteiger partial charge is 0.226 e. The Bertz CT molecular complexity index is 611. The first-order chi connectivity index (χ1) is 9.47. The summed E-state index contributed by atoms with van der Waals surface area (Å²) in [5, 5.41) is 7.34. The molecule has 4 heteroatoms. The first-order valence-electron chi connectivity index (χ1n) is 6.84. The molecule has 1 amide bonds. The molecule has 0 saturated heterocycles. The molecule has 1 aromatic heterocycles. The van der Waals surface area contributed by atoms with Gasteiger partial charge in [-0.05, 0) is 45.4 Å². The topological polar surface area (TPSA) is 46.9 Å². The van der Waals surface area contributed by atoms with Crippen LogP contribution in [0.3, 0.4) is 0 Å². The van der Waals surface area contributed by atoms with Crippen molar-refractivity contribution in [1.82, 2.24) is 9.78 Å². The van der Waals surface area contributed by atoms with Crippen LogP contribution in [0.5, 0.6) is 0 Å². The lowest BCUT2D eigenvalue weighted by molar-refractivity contribution is -0.116. The molecule has 0 aliphatic carbocycles. The lowest BCUT2D eigenvalue weighted by Gasteiger charge is -2.07. The number of aromatic nitrogens is 2. The quantitative estimate of drug-likeness (QED) is 0.928. The van der Waals surface area contributed by atoms with Gasteiger partial charge in [0, 0.05) is 24.3 Å². The van der Waals surface area contributed by atoms with E-state index in [1.807, 2.05) is 49.7 Å². The Morgan fingerprint density at radius 3 is 2.35 bits per heavy atom. The Labute approximate surface area is 119 Å². The lowest BCUT2D eigenvalue weighted by Crippen LogP contribution is -2.15. The van der Waals surface area contributed by atoms with E-state index in [0.717, 1.165) is 17.1 Å². The molecule has 4 nitrogen and oxygen atoms in total. The van der Waals surface area contributed by atoms with Crippen LogP contribution in [0.4, 0.5) is 5.69 Å². The van der Waals surface area contributed by atoms with Crippen LogP contribution in [0, 0.1) is 27.7 Å². The number of hydrogen-bond donors (Lipinski definition) is 1. The molecule has 0 saturated carbocycles. The molecule has 0 fully saturated rings. The van der Waals surface area contributed by atoms with Crippen LogP contribution >= 0.6 is 0 Å². The lowest BCUT2D eigenvalue weighted by atomic mass is 10.2. The Kier molecular flexibility index (Phi) is 4.23. The number of rotatable bonds is 4. The van der Waals surface area contributed by atoms with Crippen molar-refractivity contribution in [3.63, 3.8) is 0 Å². The third-order valence-corrected chi connectivity index (χ3v) is 3.63. The number of carbonyl (C=O) groups is 1. The average molecular weight is 271 g/mol. The van der Waals surface area contributed by atoms with Crippen LogP contribution in [-0.4, -0.2) is 15.7 Å². The van der Waals surface area contributed by atoms with Crippen LogP contribution in [0.2, 0.25) is 0 Å². The van der Waals surface area contributed by atoms with Crippen LogP contribution in [0.25, 0.3) is 0 Å². The maximum atomic E-state index is 11.9. The number of benzene rings is 1. The number of aryl methyl sites for hydroxylation is 3. The van der Waals surface area contributed by atoms with Gasteiger partial charge in [-0.3, -0.25) is 9.48 Å². The molecule has 2 rings (SSSR count). The van der Waals surface area contributed by atoms with Gasteiger partial charge < -0.3 is 5.32 Å². The van der Waals surface area contributed by atoms with Crippen LogP contribution in [0.1, 0.15) is 28.9 Å². The molecular formula is C16H21N3O. The zero-order chi connectivity index (χ0) is 14.7. The third kappa shape index (κ3) is 3.26. The fourth-order valence-corrected chi connectivity index (χ4v) is 2.07. The van der Waals surface area contributed by atoms with Crippen LogP contribution < -0.4 is 5.32 Å². The molecule has 0 bridgehead atoms. The summed E-state index contributed by atoms with van der Waals surface area (Å²) in [4.78, 5) is 11.9. The van der Waals surface area contributed by atoms with Gasteiger partial charge in [0.15, 0.2) is 0 Å². The Morgan fingerprint density at radius 1 is 1.15 bits per heavy atom. The minimum absolute atomic E-state index is 0.0130. The van der Waals surface area contributed by atoms with Gasteiger partial charge in [-0.1, -0.05) is 17.7 Å². The molecule has 1 N–H and O–H groups in total. The fraction of sp³-hybridized carbons (Fsp3) is 0.375. The first kappa shape index (κ1) is 14.3. The Morgan fingerprint density at radius 2 is 1.80 bits per heavy atom. The van der Waals surface area contributed by atoms with E-state index in [4.69, 9.17) is 0 Å². The summed E-state index contributed by atoms with van der Waals surface area (Å²) >= 11 is 0. The standard InChI is InChI=1S/C16H21N3O/c1-11-5-7-15(8-6-11)17-16(20)9-10-19-14(4)12(2)13(3)18-19/h5-8H,9-10H2,1-4H3,(H,17,20). The van der Waals surface area contributed by atoms with Crippen molar-refractivity contribution in [1.29, 1.82) is 0 Å². The molecule has 20 heavy (non-hydrogen) atoms. The van der Waals surface area contributed by atoms with E-state index in [2.05, 4.69) is 17.3 Å². The van der Waals surface area contributed by atoms with Crippen molar-refractivity contribution in [2.45, 2.75) is 40.7 Å². The maximum Gasteiger partial charge on any atom is 0.226 e. The third-order valence-electron chi connectivity index (χ3n) is 3.63. The monoisotopic (exact) mass is 271 g/mol. The highest BCUT2D eigenvalue weighted by Gasteiger charge is 2.09. The minimum Gasteiger partial charge on any atom is -0.326 e. The van der Waals surface area contributed by atoms with Crippen LogP contribution in [0.15, 0.2) is 24.3 Å². The van der Waals surface area contributed by atoms with Crippen molar-refractivity contribution in [2.24, 2.45) is 0 Å². The number of anilines is 1. The molecule has 106 valence electrons. The van der Waals surface area contributed by atoms with E-state index in [-0.39, 0.29) is 5.91 Å². The molecule has 1 heterocycles. The molecule has 0 unspecified atom stereocenters. The van der Waals surface area contributed by atoms with E-state index >= 15 is 0 Å². The van der Waals surface area contributed by atoms with Gasteiger partial charge in [-0.15, -0.1) is 0 Å². The Hall–Kier alpha value is -2.10. The molecule has 0 aliphatic rings. The second-order valence-electron chi connectivity index (χ2n) is 5.18. The van der Waals surface area contributed by atoms with Crippen molar-refractivity contribution in [2.75, 3.05) is 5.32 Å². The zero-order valence-corrected chi connectivity index (χ0v) is 12.5. The highest BCUT2D eigenvalue weighted by atomic mass is 16.1. The van der Waals surface area contributed by atoms with Gasteiger partial charge in [0.1, 0.15) is 0 Å². The van der Waals surface area contributed by atoms with E-state index in [0.29, 0.717) is 13.0 Å². The summed E-state index contributed by atoms with van der Waals surface area (Å²) in [6, 6.07) is 7.81. The fourth-order valence-electron chi connectivity index (χ4n) is 2.07. The summed E-state index contributed by atoms with van der Waals surface area (Å²) in [6.07, 6.45) is 0.426. The largest absolute Gasteiger partial charge is 0.326 e. The summed E-state index contributed by atoms with van der Waals surface area (Å²) < 4.78 is 1.90. The highest BCUT2D eigenvalue weighted by Crippen LogP contribution is 2.12. The molecule has 0 aliphatic heterocycles. The SMILES string of the molecule is Cc1ccc(NC(=O)CCn2nc(C)c(C)c2C)cc1. The second kappa shape index (κ2) is 5.90. The van der Waals surface area contributed by atoms with Gasteiger partial charge in [-0.25, -0.2) is 0 Å². The molecule has 0 spiro atoms. The summed E-state index contributed by atoms with van der Waals surface area (Å²) in [6.45, 7) is 8.72. The van der Waals surface area contributed by atoms with E-state index in [1.54, 1.807) is 0 Å². The zero-order valence-electron chi connectivity index (χ0n) is 12.5. The predicted octanol–water partition coefficient (Wildman–Crippen LogP) is 3.15. The molecule has 0 radical (unpaired) electrons. The number of nitrogens with one attached hydrogen (secondary N) is 1. The van der Waals surface area contributed by atoms with E-state index in [1.165, 1.54) is 11.1 Å². The average Bonchev–Trinajstić information content (AvgIpc) is 2.66. The normalized spacial score (nSPS) is 10.6. The van der Waals surface area contributed by atoms with E-state index in [9.17, 15) is 4.79 Å². The van der Waals surface area contributed by atoms with Crippen LogP contribution in [-0.2, 0) is 11.3 Å². The molecule has 2 aromatic rings. The maximum absolute atomic E-state index is 11.9. The minimum atomic E-state index is 0.0130. The highest BCUT2D eigenvalue weighted by molar-refractivity contribution is 5.90. The summed E-state index contributed by atoms with van der Waals surface area (Å²) in [7, 11) is 0. The summed E-state index contributed by atoms with van der Waals surface area (Å²) in [5.41, 5.74) is 5.38. The van der Waals surface area contributed by atoms with Gasteiger partial charge in [0.25, 0.3) is 0 Å². The van der Waals surface area contributed by atoms with Gasteiger partial charge in [0.05, 0.1) is 5.69 Å². The Balaban J connectivity index is 1.92. The van der Waals surface area contributed by atoms with Gasteiger partial charge in [0.2, 0.25) is 5.91 Å². The predicted molar refractivity (Wildman–Crippen MR) is 80.9 cm³/mol. The molecule has 0 atom stereocenters. The van der Waals surface area contributed by atoms with Gasteiger partial charge in [-0.2, -0.15) is 5.10 Å². The number of carbonyl (C=O) groups excluding carboxylic acids is 1. The van der Waals surface area contributed by atoms with Crippen molar-refractivity contribution >= 4 is 11.6 Å². The number of hydrogen-bond acceptors (Lipinski definition) is 2. The van der Waals surface area contributed by atoms with E-state index < -0.39 is 0 Å². The van der Waals surface area contributed by atoms with Crippen molar-refractivity contribution < 1.29 is 4.79 Å². The summed E-state index contributed by atoms with van der Waals surface area (Å²) in [5.74, 6) is 0.0130. The van der Waals surface area contributed by atoms with Gasteiger partial charge >= 0.3 is 0 Å². The molecule has 1 aromatic carbocycles. The molecular weight excluding hydrogens is 250 g/mol. The number of nitrogens with zero attached hydrogens (tertiary/aromatic N) is 2.